The Labute approximate surface area is 113 Å². The van der Waals surface area contributed by atoms with Crippen LogP contribution in [0.5, 0.6) is 0 Å². The molecule has 1 fully saturated rings. The number of likely N-dealkylation sites (tertiary alicyclic amines) is 1. The molecular formula is C13H24N2O4. The summed E-state index contributed by atoms with van der Waals surface area (Å²) in [6.07, 6.45) is 1.27. The lowest BCUT2D eigenvalue weighted by atomic mass is 9.96. The summed E-state index contributed by atoms with van der Waals surface area (Å²) >= 11 is 0. The second-order valence-corrected chi connectivity index (χ2v) is 5.21. The normalized spacial score (nSPS) is 24.6. The number of aliphatic hydroxyl groups excluding tert-OH is 1. The van der Waals surface area contributed by atoms with Gasteiger partial charge in [0.2, 0.25) is 0 Å². The van der Waals surface area contributed by atoms with E-state index < -0.39 is 24.1 Å². The maximum atomic E-state index is 12.1. The summed E-state index contributed by atoms with van der Waals surface area (Å²) in [5.41, 5.74) is 0. The van der Waals surface area contributed by atoms with Gasteiger partial charge in [0, 0.05) is 19.0 Å². The molecule has 0 spiro atoms. The number of hydrogen-bond donors (Lipinski definition) is 3. The van der Waals surface area contributed by atoms with Crippen LogP contribution in [0.1, 0.15) is 40.0 Å². The summed E-state index contributed by atoms with van der Waals surface area (Å²) in [5.74, 6) is -0.693. The van der Waals surface area contributed by atoms with Crippen molar-refractivity contribution < 1.29 is 19.8 Å². The van der Waals surface area contributed by atoms with Crippen LogP contribution < -0.4 is 5.32 Å². The maximum absolute atomic E-state index is 12.1. The van der Waals surface area contributed by atoms with Crippen molar-refractivity contribution in [2.45, 2.75) is 58.2 Å². The summed E-state index contributed by atoms with van der Waals surface area (Å²) in [4.78, 5) is 24.4. The lowest BCUT2D eigenvalue weighted by Crippen LogP contribution is -2.50. The fraction of sp³-hybridized carbons (Fsp3) is 0.846. The summed E-state index contributed by atoms with van der Waals surface area (Å²) in [6.45, 7) is 6.14. The molecule has 1 aliphatic heterocycles. The molecule has 19 heavy (non-hydrogen) atoms. The zero-order valence-electron chi connectivity index (χ0n) is 11.8. The highest BCUT2D eigenvalue weighted by Gasteiger charge is 2.39. The Morgan fingerprint density at radius 2 is 1.95 bits per heavy atom. The molecule has 1 heterocycles. The predicted octanol–water partition coefficient (Wildman–Crippen LogP) is 1.04. The standard InChI is InChI=1S/C13H24N2O4/c1-4-9(5-2)8(3)14-13(19)15-7-10(16)6-11(15)12(17)18/h8-11,16H,4-7H2,1-3H3,(H,14,19)(H,17,18)/t8?,10-,11+/m1/s1. The van der Waals surface area contributed by atoms with E-state index in [0.717, 1.165) is 12.8 Å². The fourth-order valence-corrected chi connectivity index (χ4v) is 2.66. The number of carboxylic acids is 1. The first-order valence-electron chi connectivity index (χ1n) is 6.88. The highest BCUT2D eigenvalue weighted by molar-refractivity contribution is 5.83. The van der Waals surface area contributed by atoms with Crippen molar-refractivity contribution in [3.63, 3.8) is 0 Å². The van der Waals surface area contributed by atoms with Crippen LogP contribution in [0.3, 0.4) is 0 Å². The van der Waals surface area contributed by atoms with Crippen LogP contribution in [0.15, 0.2) is 0 Å². The van der Waals surface area contributed by atoms with Crippen molar-refractivity contribution in [3.8, 4) is 0 Å². The zero-order chi connectivity index (χ0) is 14.6. The van der Waals surface area contributed by atoms with Gasteiger partial charge in [-0.2, -0.15) is 0 Å². The molecule has 0 bridgehead atoms. The van der Waals surface area contributed by atoms with Gasteiger partial charge >= 0.3 is 12.0 Å². The molecule has 110 valence electrons. The predicted molar refractivity (Wildman–Crippen MR) is 70.8 cm³/mol. The molecule has 3 atom stereocenters. The van der Waals surface area contributed by atoms with E-state index in [0.29, 0.717) is 5.92 Å². The summed E-state index contributed by atoms with van der Waals surface area (Å²) < 4.78 is 0. The lowest BCUT2D eigenvalue weighted by Gasteiger charge is -2.27. The number of urea groups is 1. The van der Waals surface area contributed by atoms with Crippen LogP contribution >= 0.6 is 0 Å². The highest BCUT2D eigenvalue weighted by atomic mass is 16.4. The number of carboxylic acid groups (broad SMARTS) is 1. The monoisotopic (exact) mass is 272 g/mol. The van der Waals surface area contributed by atoms with Gasteiger partial charge in [0.05, 0.1) is 6.10 Å². The van der Waals surface area contributed by atoms with E-state index in [1.807, 2.05) is 6.92 Å². The molecule has 1 aliphatic rings. The largest absolute Gasteiger partial charge is 0.480 e. The van der Waals surface area contributed by atoms with Gasteiger partial charge < -0.3 is 20.4 Å². The second kappa shape index (κ2) is 6.75. The first-order valence-corrected chi connectivity index (χ1v) is 6.88. The molecular weight excluding hydrogens is 248 g/mol. The summed E-state index contributed by atoms with van der Waals surface area (Å²) in [7, 11) is 0. The minimum Gasteiger partial charge on any atom is -0.480 e. The van der Waals surface area contributed by atoms with Gasteiger partial charge in [0.25, 0.3) is 0 Å². The number of carbonyl (C=O) groups excluding carboxylic acids is 1. The smallest absolute Gasteiger partial charge is 0.326 e. The SMILES string of the molecule is CCC(CC)C(C)NC(=O)N1C[C@H](O)C[C@H]1C(=O)O. The first kappa shape index (κ1) is 15.8. The van der Waals surface area contributed by atoms with E-state index >= 15 is 0 Å². The molecule has 1 unspecified atom stereocenters. The van der Waals surface area contributed by atoms with Gasteiger partial charge in [-0.15, -0.1) is 0 Å². The van der Waals surface area contributed by atoms with E-state index in [4.69, 9.17) is 5.11 Å². The van der Waals surface area contributed by atoms with Crippen LogP contribution in [0.25, 0.3) is 0 Å². The summed E-state index contributed by atoms with van der Waals surface area (Å²) in [6, 6.07) is -1.33. The number of aliphatic hydroxyl groups is 1. The number of nitrogens with zero attached hydrogens (tertiary/aromatic N) is 1. The Morgan fingerprint density at radius 1 is 1.37 bits per heavy atom. The van der Waals surface area contributed by atoms with Crippen LogP contribution in [0.2, 0.25) is 0 Å². The van der Waals surface area contributed by atoms with Crippen molar-refractivity contribution >= 4 is 12.0 Å². The molecule has 0 aromatic heterocycles. The van der Waals surface area contributed by atoms with Gasteiger partial charge in [0.1, 0.15) is 6.04 Å². The molecule has 0 aromatic carbocycles. The third kappa shape index (κ3) is 3.83. The third-order valence-electron chi connectivity index (χ3n) is 3.93. The van der Waals surface area contributed by atoms with Crippen molar-refractivity contribution in [1.82, 2.24) is 10.2 Å². The quantitative estimate of drug-likeness (QED) is 0.697. The molecule has 0 radical (unpaired) electrons. The average Bonchev–Trinajstić information content (AvgIpc) is 2.73. The number of nitrogens with one attached hydrogen (secondary N) is 1. The minimum atomic E-state index is -1.07. The average molecular weight is 272 g/mol. The van der Waals surface area contributed by atoms with Crippen molar-refractivity contribution in [3.05, 3.63) is 0 Å². The molecule has 3 N–H and O–H groups in total. The van der Waals surface area contributed by atoms with E-state index in [2.05, 4.69) is 19.2 Å². The zero-order valence-corrected chi connectivity index (χ0v) is 11.8. The number of hydrogen-bond acceptors (Lipinski definition) is 3. The third-order valence-corrected chi connectivity index (χ3v) is 3.93. The maximum Gasteiger partial charge on any atom is 0.326 e. The van der Waals surface area contributed by atoms with E-state index in [1.54, 1.807) is 0 Å². The minimum absolute atomic E-state index is 0.00492. The lowest BCUT2D eigenvalue weighted by molar-refractivity contribution is -0.141. The Hall–Kier alpha value is -1.30. The number of aliphatic carboxylic acids is 1. The van der Waals surface area contributed by atoms with Crippen LogP contribution in [-0.2, 0) is 4.79 Å². The Kier molecular flexibility index (Phi) is 5.60. The van der Waals surface area contributed by atoms with Crippen molar-refractivity contribution in [2.75, 3.05) is 6.54 Å². The number of carbonyl (C=O) groups is 2. The Bertz CT molecular complexity index is 331. The first-order chi connectivity index (χ1) is 8.90. The molecule has 2 amide bonds. The van der Waals surface area contributed by atoms with Crippen LogP contribution in [0, 0.1) is 5.92 Å². The fourth-order valence-electron chi connectivity index (χ4n) is 2.66. The number of rotatable bonds is 5. The van der Waals surface area contributed by atoms with Gasteiger partial charge in [-0.25, -0.2) is 9.59 Å². The topological polar surface area (TPSA) is 89.9 Å². The molecule has 0 aliphatic carbocycles. The second-order valence-electron chi connectivity index (χ2n) is 5.21. The molecule has 6 nitrogen and oxygen atoms in total. The molecule has 0 saturated carbocycles. The Balaban J connectivity index is 2.64. The van der Waals surface area contributed by atoms with E-state index in [1.165, 1.54) is 4.90 Å². The van der Waals surface area contributed by atoms with E-state index in [-0.39, 0.29) is 19.0 Å². The van der Waals surface area contributed by atoms with Gasteiger partial charge in [0.15, 0.2) is 0 Å². The van der Waals surface area contributed by atoms with Crippen LogP contribution in [0.4, 0.5) is 4.79 Å². The van der Waals surface area contributed by atoms with Crippen LogP contribution in [-0.4, -0.2) is 51.8 Å². The molecule has 6 heteroatoms. The number of β-amino-alcohol motifs (C(OH)–C–C–N with tert-alkyl or cyclic N) is 1. The van der Waals surface area contributed by atoms with Gasteiger partial charge in [-0.05, 0) is 12.8 Å². The van der Waals surface area contributed by atoms with Gasteiger partial charge in [-0.1, -0.05) is 26.7 Å². The molecule has 0 aromatic rings. The highest BCUT2D eigenvalue weighted by Crippen LogP contribution is 2.19. The Morgan fingerprint density at radius 3 is 2.42 bits per heavy atom. The van der Waals surface area contributed by atoms with E-state index in [9.17, 15) is 14.7 Å². The van der Waals surface area contributed by atoms with Crippen molar-refractivity contribution in [1.29, 1.82) is 0 Å². The molecule has 1 rings (SSSR count). The number of amides is 2. The van der Waals surface area contributed by atoms with Crippen molar-refractivity contribution in [2.24, 2.45) is 5.92 Å². The van der Waals surface area contributed by atoms with Gasteiger partial charge in [-0.3, -0.25) is 0 Å². The molecule has 1 saturated heterocycles. The summed E-state index contributed by atoms with van der Waals surface area (Å²) in [5, 5.41) is 21.4.